The monoisotopic (exact) mass is 286 g/mol. The lowest BCUT2D eigenvalue weighted by atomic mass is 10.1. The van der Waals surface area contributed by atoms with Crippen LogP contribution in [0.4, 0.5) is 10.2 Å². The first-order valence-electron chi connectivity index (χ1n) is 5.86. The average molecular weight is 286 g/mol. The van der Waals surface area contributed by atoms with E-state index in [1.165, 1.54) is 18.2 Å². The molecule has 0 bridgehead atoms. The van der Waals surface area contributed by atoms with Gasteiger partial charge in [-0.2, -0.15) is 0 Å². The number of hydrogen-bond acceptors (Lipinski definition) is 4. The van der Waals surface area contributed by atoms with Crippen LogP contribution in [0.1, 0.15) is 31.1 Å². The fourth-order valence-corrected chi connectivity index (χ4v) is 2.08. The molecule has 1 aliphatic rings. The lowest BCUT2D eigenvalue weighted by molar-refractivity contribution is 0.0696. The van der Waals surface area contributed by atoms with Crippen LogP contribution < -0.4 is 4.90 Å². The summed E-state index contributed by atoms with van der Waals surface area (Å²) >= 11 is 0. The highest BCUT2D eigenvalue weighted by molar-refractivity contribution is 6.34. The first-order chi connectivity index (χ1) is 9.99. The van der Waals surface area contributed by atoms with Crippen LogP contribution in [-0.2, 0) is 0 Å². The number of carboxylic acid groups (broad SMARTS) is 1. The number of carbonyl (C=O) groups is 3. The molecule has 3 rings (SSSR count). The number of fused-ring (bicyclic) bond motifs is 1. The van der Waals surface area contributed by atoms with Crippen molar-refractivity contribution in [1.29, 1.82) is 0 Å². The standard InChI is InChI=1S/C14H7FN2O4/c15-8-2-4-11(16-6-8)17-12(18)9-3-1-7(14(20)21)5-10(9)13(17)19/h1-6H,(H,20,21). The van der Waals surface area contributed by atoms with Crippen molar-refractivity contribution in [3.8, 4) is 0 Å². The molecule has 0 atom stereocenters. The second-order valence-electron chi connectivity index (χ2n) is 4.35. The van der Waals surface area contributed by atoms with E-state index in [9.17, 15) is 18.8 Å². The van der Waals surface area contributed by atoms with Crippen LogP contribution in [-0.4, -0.2) is 27.9 Å². The highest BCUT2D eigenvalue weighted by atomic mass is 19.1. The average Bonchev–Trinajstić information content (AvgIpc) is 2.72. The van der Waals surface area contributed by atoms with Gasteiger partial charge in [-0.3, -0.25) is 9.59 Å². The maximum Gasteiger partial charge on any atom is 0.335 e. The van der Waals surface area contributed by atoms with Gasteiger partial charge < -0.3 is 5.11 Å². The molecule has 1 N–H and O–H groups in total. The van der Waals surface area contributed by atoms with Gasteiger partial charge in [0.05, 0.1) is 22.9 Å². The highest BCUT2D eigenvalue weighted by Crippen LogP contribution is 2.27. The van der Waals surface area contributed by atoms with E-state index in [0.717, 1.165) is 23.2 Å². The Bertz CT molecular complexity index is 786. The molecule has 1 aromatic heterocycles. The van der Waals surface area contributed by atoms with Crippen molar-refractivity contribution < 1.29 is 23.9 Å². The third-order valence-corrected chi connectivity index (χ3v) is 3.07. The van der Waals surface area contributed by atoms with Crippen molar-refractivity contribution in [1.82, 2.24) is 4.98 Å². The zero-order chi connectivity index (χ0) is 15.1. The molecule has 0 spiro atoms. The molecule has 2 heterocycles. The topological polar surface area (TPSA) is 87.6 Å². The first-order valence-corrected chi connectivity index (χ1v) is 5.86. The summed E-state index contributed by atoms with van der Waals surface area (Å²) in [6.45, 7) is 0. The molecule has 0 fully saturated rings. The Morgan fingerprint density at radius 1 is 1.10 bits per heavy atom. The van der Waals surface area contributed by atoms with Crippen molar-refractivity contribution in [3.63, 3.8) is 0 Å². The molecule has 0 radical (unpaired) electrons. The van der Waals surface area contributed by atoms with Gasteiger partial charge in [-0.05, 0) is 30.3 Å². The SMILES string of the molecule is O=C(O)c1ccc2c(c1)C(=O)N(c1ccc(F)cn1)C2=O. The number of hydrogen-bond donors (Lipinski definition) is 1. The van der Waals surface area contributed by atoms with Crippen LogP contribution in [0.2, 0.25) is 0 Å². The molecule has 7 heteroatoms. The minimum absolute atomic E-state index is 0.00831. The van der Waals surface area contributed by atoms with Crippen LogP contribution in [0.3, 0.4) is 0 Å². The van der Waals surface area contributed by atoms with E-state index in [2.05, 4.69) is 4.98 Å². The quantitative estimate of drug-likeness (QED) is 0.849. The molecular weight excluding hydrogens is 279 g/mol. The molecule has 0 unspecified atom stereocenters. The number of carboxylic acids is 1. The second-order valence-corrected chi connectivity index (χ2v) is 4.35. The zero-order valence-electron chi connectivity index (χ0n) is 10.4. The summed E-state index contributed by atoms with van der Waals surface area (Å²) in [5.74, 6) is -3.11. The van der Waals surface area contributed by atoms with Gasteiger partial charge in [-0.15, -0.1) is 0 Å². The van der Waals surface area contributed by atoms with Crippen molar-refractivity contribution in [2.75, 3.05) is 4.90 Å². The van der Waals surface area contributed by atoms with E-state index in [1.807, 2.05) is 0 Å². The number of halogens is 1. The Kier molecular flexibility index (Phi) is 2.76. The number of anilines is 1. The van der Waals surface area contributed by atoms with Crippen molar-refractivity contribution >= 4 is 23.6 Å². The molecule has 1 aromatic carbocycles. The number of nitrogens with zero attached hydrogens (tertiary/aromatic N) is 2. The number of pyridine rings is 1. The maximum absolute atomic E-state index is 12.9. The van der Waals surface area contributed by atoms with Gasteiger partial charge in [0, 0.05) is 0 Å². The van der Waals surface area contributed by atoms with E-state index in [4.69, 9.17) is 5.11 Å². The van der Waals surface area contributed by atoms with Crippen LogP contribution in [0, 0.1) is 5.82 Å². The molecule has 0 saturated carbocycles. The minimum Gasteiger partial charge on any atom is -0.478 e. The number of aromatic nitrogens is 1. The van der Waals surface area contributed by atoms with Crippen LogP contribution in [0.25, 0.3) is 0 Å². The normalized spacial score (nSPS) is 13.5. The van der Waals surface area contributed by atoms with E-state index in [1.54, 1.807) is 0 Å². The van der Waals surface area contributed by atoms with E-state index >= 15 is 0 Å². The number of carbonyl (C=O) groups excluding carboxylic acids is 2. The van der Waals surface area contributed by atoms with Gasteiger partial charge in [-0.25, -0.2) is 19.1 Å². The predicted octanol–water partition coefficient (Wildman–Crippen LogP) is 1.72. The lowest BCUT2D eigenvalue weighted by Gasteiger charge is -2.11. The maximum atomic E-state index is 12.9. The fourth-order valence-electron chi connectivity index (χ4n) is 2.08. The zero-order valence-corrected chi connectivity index (χ0v) is 10.4. The number of amides is 2. The number of rotatable bonds is 2. The van der Waals surface area contributed by atoms with Gasteiger partial charge in [0.2, 0.25) is 0 Å². The third kappa shape index (κ3) is 1.95. The molecule has 2 aromatic rings. The summed E-state index contributed by atoms with van der Waals surface area (Å²) in [7, 11) is 0. The Labute approximate surface area is 117 Å². The Morgan fingerprint density at radius 3 is 2.43 bits per heavy atom. The molecular formula is C14H7FN2O4. The van der Waals surface area contributed by atoms with Gasteiger partial charge in [0.1, 0.15) is 11.6 Å². The van der Waals surface area contributed by atoms with E-state index in [0.29, 0.717) is 0 Å². The fraction of sp³-hybridized carbons (Fsp3) is 0. The number of aromatic carboxylic acids is 1. The van der Waals surface area contributed by atoms with Crippen LogP contribution >= 0.6 is 0 Å². The van der Waals surface area contributed by atoms with Gasteiger partial charge >= 0.3 is 5.97 Å². The van der Waals surface area contributed by atoms with Gasteiger partial charge in [0.15, 0.2) is 0 Å². The van der Waals surface area contributed by atoms with Crippen molar-refractivity contribution in [2.24, 2.45) is 0 Å². The largest absolute Gasteiger partial charge is 0.478 e. The van der Waals surface area contributed by atoms with Gasteiger partial charge in [0.25, 0.3) is 11.8 Å². The summed E-state index contributed by atoms with van der Waals surface area (Å²) in [5, 5.41) is 8.92. The van der Waals surface area contributed by atoms with Crippen molar-refractivity contribution in [2.45, 2.75) is 0 Å². The summed E-state index contributed by atoms with van der Waals surface area (Å²) in [4.78, 5) is 39.8. The van der Waals surface area contributed by atoms with Crippen LogP contribution in [0.15, 0.2) is 36.5 Å². The molecule has 6 nitrogen and oxygen atoms in total. The molecule has 21 heavy (non-hydrogen) atoms. The summed E-state index contributed by atoms with van der Waals surface area (Å²) in [5.41, 5.74) is -0.00837. The molecule has 0 saturated heterocycles. The van der Waals surface area contributed by atoms with E-state index < -0.39 is 23.6 Å². The predicted molar refractivity (Wildman–Crippen MR) is 68.7 cm³/mol. The Hall–Kier alpha value is -3.09. The highest BCUT2D eigenvalue weighted by Gasteiger charge is 2.37. The summed E-state index contributed by atoms with van der Waals surface area (Å²) in [6, 6.07) is 5.95. The Morgan fingerprint density at radius 2 is 1.81 bits per heavy atom. The smallest absolute Gasteiger partial charge is 0.335 e. The second kappa shape index (κ2) is 4.48. The van der Waals surface area contributed by atoms with Crippen molar-refractivity contribution in [3.05, 3.63) is 59.0 Å². The lowest BCUT2D eigenvalue weighted by Crippen LogP contribution is -2.30. The van der Waals surface area contributed by atoms with Gasteiger partial charge in [-0.1, -0.05) is 0 Å². The van der Waals surface area contributed by atoms with E-state index in [-0.39, 0.29) is 22.5 Å². The Balaban J connectivity index is 2.08. The number of benzene rings is 1. The number of imide groups is 1. The minimum atomic E-state index is -1.20. The summed E-state index contributed by atoms with van der Waals surface area (Å²) < 4.78 is 12.9. The summed E-state index contributed by atoms with van der Waals surface area (Å²) in [6.07, 6.45) is 0.890. The first kappa shape index (κ1) is 12.9. The molecule has 104 valence electrons. The van der Waals surface area contributed by atoms with Crippen LogP contribution in [0.5, 0.6) is 0 Å². The molecule has 2 amide bonds. The molecule has 1 aliphatic heterocycles. The third-order valence-electron chi connectivity index (χ3n) is 3.07. The molecule has 0 aliphatic carbocycles.